The highest BCUT2D eigenvalue weighted by molar-refractivity contribution is 5.87. The topological polar surface area (TPSA) is 91.8 Å². The Bertz CT molecular complexity index is 938. The van der Waals surface area contributed by atoms with Crippen molar-refractivity contribution in [2.75, 3.05) is 0 Å². The van der Waals surface area contributed by atoms with Gasteiger partial charge in [0.05, 0.1) is 23.4 Å². The third kappa shape index (κ3) is 2.68. The largest absolute Gasteiger partial charge is 0.478 e. The third-order valence-electron chi connectivity index (χ3n) is 3.51. The number of hydrogen-bond donors (Lipinski definition) is 1. The quantitative estimate of drug-likeness (QED) is 0.803. The number of rotatable bonds is 3. The minimum atomic E-state index is -1.06. The van der Waals surface area contributed by atoms with Crippen LogP contribution in [0.15, 0.2) is 48.9 Å². The Morgan fingerprint density at radius 3 is 2.70 bits per heavy atom. The number of aryl methyl sites for hydroxylation is 1. The molecule has 3 rings (SSSR count). The van der Waals surface area contributed by atoms with Gasteiger partial charge >= 0.3 is 5.97 Å². The molecule has 0 unspecified atom stereocenters. The summed E-state index contributed by atoms with van der Waals surface area (Å²) in [6.45, 7) is 1.97. The van der Waals surface area contributed by atoms with Crippen LogP contribution in [0.1, 0.15) is 21.5 Å². The van der Waals surface area contributed by atoms with E-state index in [1.807, 2.05) is 31.2 Å². The summed E-state index contributed by atoms with van der Waals surface area (Å²) in [5, 5.41) is 22.3. The zero-order valence-corrected chi connectivity index (χ0v) is 12.3. The molecule has 1 N–H and O–H groups in total. The van der Waals surface area contributed by atoms with E-state index in [1.165, 1.54) is 17.1 Å². The first kappa shape index (κ1) is 14.5. The van der Waals surface area contributed by atoms with E-state index in [4.69, 9.17) is 5.11 Å². The average Bonchev–Trinajstić information content (AvgIpc) is 3.05. The van der Waals surface area contributed by atoms with Crippen molar-refractivity contribution in [2.24, 2.45) is 0 Å². The summed E-state index contributed by atoms with van der Waals surface area (Å²) in [5.74, 6) is -0.667. The minimum Gasteiger partial charge on any atom is -0.478 e. The second kappa shape index (κ2) is 5.73. The predicted octanol–water partition coefficient (Wildman–Crippen LogP) is 2.81. The fourth-order valence-corrected chi connectivity index (χ4v) is 2.31. The zero-order valence-electron chi connectivity index (χ0n) is 12.3. The van der Waals surface area contributed by atoms with Crippen LogP contribution in [-0.4, -0.2) is 25.8 Å². The van der Waals surface area contributed by atoms with Crippen molar-refractivity contribution in [3.63, 3.8) is 0 Å². The Morgan fingerprint density at radius 2 is 2.04 bits per heavy atom. The van der Waals surface area contributed by atoms with Crippen LogP contribution in [0.2, 0.25) is 0 Å². The van der Waals surface area contributed by atoms with E-state index in [0.717, 1.165) is 16.7 Å². The molecule has 0 aliphatic carbocycles. The summed E-state index contributed by atoms with van der Waals surface area (Å²) < 4.78 is 1.34. The molecule has 0 saturated carbocycles. The van der Waals surface area contributed by atoms with Crippen LogP contribution in [0, 0.1) is 18.3 Å². The van der Waals surface area contributed by atoms with E-state index in [2.05, 4.69) is 16.2 Å². The lowest BCUT2D eigenvalue weighted by Crippen LogP contribution is -2.00. The van der Waals surface area contributed by atoms with Crippen LogP contribution in [-0.2, 0) is 0 Å². The van der Waals surface area contributed by atoms with Crippen molar-refractivity contribution in [3.05, 3.63) is 65.6 Å². The maximum absolute atomic E-state index is 10.9. The molecule has 2 aromatic heterocycles. The first-order valence-electron chi connectivity index (χ1n) is 6.84. The van der Waals surface area contributed by atoms with E-state index in [-0.39, 0.29) is 5.56 Å². The molecule has 0 atom stereocenters. The molecule has 2 heterocycles. The maximum Gasteiger partial charge on any atom is 0.338 e. The summed E-state index contributed by atoms with van der Waals surface area (Å²) in [7, 11) is 0. The molecule has 112 valence electrons. The number of aromatic carboxylic acids is 1. The molecule has 0 aliphatic heterocycles. The van der Waals surface area contributed by atoms with Gasteiger partial charge < -0.3 is 5.11 Å². The van der Waals surface area contributed by atoms with Crippen LogP contribution in [0.4, 0.5) is 0 Å². The molecule has 0 amide bonds. The molecule has 1 aromatic carbocycles. The monoisotopic (exact) mass is 304 g/mol. The second-order valence-electron chi connectivity index (χ2n) is 4.99. The Hall–Kier alpha value is -3.46. The predicted molar refractivity (Wildman–Crippen MR) is 83.2 cm³/mol. The van der Waals surface area contributed by atoms with Crippen molar-refractivity contribution >= 4 is 5.97 Å². The van der Waals surface area contributed by atoms with Crippen molar-refractivity contribution in [1.82, 2.24) is 14.8 Å². The fourth-order valence-electron chi connectivity index (χ4n) is 2.31. The van der Waals surface area contributed by atoms with Gasteiger partial charge in [-0.05, 0) is 18.1 Å². The standard InChI is InChI=1S/C17H12N4O2/c1-11-4-2-3-5-14(11)15-9-19-16(6-12(15)7-18)21-10-13(8-20-21)17(22)23/h2-6,8-10H,1H3,(H,22,23). The molecule has 0 spiro atoms. The van der Waals surface area contributed by atoms with Gasteiger partial charge in [0.25, 0.3) is 0 Å². The lowest BCUT2D eigenvalue weighted by molar-refractivity contribution is 0.0697. The molecule has 23 heavy (non-hydrogen) atoms. The maximum atomic E-state index is 10.9. The summed E-state index contributed by atoms with van der Waals surface area (Å²) in [6.07, 6.45) is 4.21. The number of nitrogens with zero attached hydrogens (tertiary/aromatic N) is 4. The van der Waals surface area contributed by atoms with Crippen LogP contribution in [0.5, 0.6) is 0 Å². The van der Waals surface area contributed by atoms with Gasteiger partial charge in [-0.25, -0.2) is 14.5 Å². The van der Waals surface area contributed by atoms with Crippen molar-refractivity contribution < 1.29 is 9.90 Å². The number of pyridine rings is 1. The van der Waals surface area contributed by atoms with Gasteiger partial charge in [0, 0.05) is 24.0 Å². The highest BCUT2D eigenvalue weighted by Crippen LogP contribution is 2.26. The van der Waals surface area contributed by atoms with E-state index >= 15 is 0 Å². The molecule has 3 aromatic rings. The molecular formula is C17H12N4O2. The van der Waals surface area contributed by atoms with Gasteiger partial charge in [0.15, 0.2) is 5.82 Å². The average molecular weight is 304 g/mol. The highest BCUT2D eigenvalue weighted by Gasteiger charge is 2.12. The number of benzene rings is 1. The third-order valence-corrected chi connectivity index (χ3v) is 3.51. The number of hydrogen-bond acceptors (Lipinski definition) is 4. The van der Waals surface area contributed by atoms with Crippen molar-refractivity contribution in [2.45, 2.75) is 6.92 Å². The highest BCUT2D eigenvalue weighted by atomic mass is 16.4. The molecule has 0 bridgehead atoms. The molecule has 0 radical (unpaired) electrons. The van der Waals surface area contributed by atoms with E-state index in [1.54, 1.807) is 12.3 Å². The van der Waals surface area contributed by atoms with Crippen LogP contribution in [0.25, 0.3) is 16.9 Å². The minimum absolute atomic E-state index is 0.0632. The number of nitriles is 1. The Balaban J connectivity index is 2.08. The fraction of sp³-hybridized carbons (Fsp3) is 0.0588. The van der Waals surface area contributed by atoms with Gasteiger partial charge in [-0.15, -0.1) is 0 Å². The molecule has 0 fully saturated rings. The van der Waals surface area contributed by atoms with Gasteiger partial charge in [-0.1, -0.05) is 24.3 Å². The second-order valence-corrected chi connectivity index (χ2v) is 4.99. The van der Waals surface area contributed by atoms with Gasteiger partial charge in [0.1, 0.15) is 0 Å². The lowest BCUT2D eigenvalue weighted by atomic mass is 9.98. The van der Waals surface area contributed by atoms with Crippen molar-refractivity contribution in [3.8, 4) is 23.0 Å². The molecule has 6 heteroatoms. The summed E-state index contributed by atoms with van der Waals surface area (Å²) >= 11 is 0. The molecule has 0 aliphatic rings. The summed E-state index contributed by atoms with van der Waals surface area (Å²) in [4.78, 5) is 15.2. The first-order chi connectivity index (χ1) is 11.1. The Labute approximate surface area is 132 Å². The number of carboxylic acids is 1. The van der Waals surface area contributed by atoms with Crippen LogP contribution < -0.4 is 0 Å². The smallest absolute Gasteiger partial charge is 0.338 e. The molecule has 6 nitrogen and oxygen atoms in total. The first-order valence-corrected chi connectivity index (χ1v) is 6.84. The number of carboxylic acid groups (broad SMARTS) is 1. The Kier molecular flexibility index (Phi) is 3.61. The summed E-state index contributed by atoms with van der Waals surface area (Å²) in [5.41, 5.74) is 3.24. The van der Waals surface area contributed by atoms with Crippen molar-refractivity contribution in [1.29, 1.82) is 5.26 Å². The lowest BCUT2D eigenvalue weighted by Gasteiger charge is -2.09. The zero-order chi connectivity index (χ0) is 16.4. The SMILES string of the molecule is Cc1ccccc1-c1cnc(-n2cc(C(=O)O)cn2)cc1C#N. The van der Waals surface area contributed by atoms with Gasteiger partial charge in [-0.3, -0.25) is 0 Å². The van der Waals surface area contributed by atoms with E-state index < -0.39 is 5.97 Å². The normalized spacial score (nSPS) is 10.3. The Morgan fingerprint density at radius 1 is 1.26 bits per heavy atom. The molecular weight excluding hydrogens is 292 g/mol. The van der Waals surface area contributed by atoms with Gasteiger partial charge in [-0.2, -0.15) is 10.4 Å². The van der Waals surface area contributed by atoms with Gasteiger partial charge in [0.2, 0.25) is 0 Å². The summed E-state index contributed by atoms with van der Waals surface area (Å²) in [6, 6.07) is 11.5. The van der Waals surface area contributed by atoms with E-state index in [0.29, 0.717) is 11.4 Å². The van der Waals surface area contributed by atoms with Crippen LogP contribution >= 0.6 is 0 Å². The number of aromatic nitrogens is 3. The molecule has 0 saturated heterocycles. The number of carbonyl (C=O) groups is 1. The van der Waals surface area contributed by atoms with Crippen LogP contribution in [0.3, 0.4) is 0 Å². The van der Waals surface area contributed by atoms with E-state index in [9.17, 15) is 10.1 Å².